The van der Waals surface area contributed by atoms with Crippen molar-refractivity contribution in [2.75, 3.05) is 43.1 Å². The molecule has 0 atom stereocenters. The Morgan fingerprint density at radius 1 is 0.952 bits per heavy atom. The van der Waals surface area contributed by atoms with Crippen molar-refractivity contribution in [3.05, 3.63) is 42.4 Å². The maximum Gasteiger partial charge on any atom is 0.147 e. The summed E-state index contributed by atoms with van der Waals surface area (Å²) in [5.74, 6) is 1.87. The second kappa shape index (κ2) is 5.99. The highest BCUT2D eigenvalue weighted by Gasteiger charge is 2.18. The Bertz CT molecular complexity index is 591. The zero-order chi connectivity index (χ0) is 14.7. The predicted octanol–water partition coefficient (Wildman–Crippen LogP) is 2.12. The Balaban J connectivity index is 1.64. The molecule has 110 valence electrons. The lowest BCUT2D eigenvalue weighted by molar-refractivity contribution is 0.415. The van der Waals surface area contributed by atoms with Gasteiger partial charge in [0.05, 0.1) is 19.0 Å². The summed E-state index contributed by atoms with van der Waals surface area (Å²) in [5, 5.41) is 0. The van der Waals surface area contributed by atoms with Crippen molar-refractivity contribution < 1.29 is 4.74 Å². The van der Waals surface area contributed by atoms with Crippen LogP contribution in [0, 0.1) is 6.92 Å². The number of aromatic nitrogens is 2. The van der Waals surface area contributed by atoms with E-state index in [2.05, 4.69) is 31.9 Å². The Labute approximate surface area is 125 Å². The summed E-state index contributed by atoms with van der Waals surface area (Å²) >= 11 is 0. The molecule has 0 N–H and O–H groups in total. The van der Waals surface area contributed by atoms with E-state index in [9.17, 15) is 0 Å². The van der Waals surface area contributed by atoms with Crippen molar-refractivity contribution in [1.82, 2.24) is 9.97 Å². The second-order valence-corrected chi connectivity index (χ2v) is 5.19. The van der Waals surface area contributed by atoms with Gasteiger partial charge in [-0.15, -0.1) is 0 Å². The molecule has 1 fully saturated rings. The smallest absolute Gasteiger partial charge is 0.147 e. The van der Waals surface area contributed by atoms with Crippen molar-refractivity contribution in [3.63, 3.8) is 0 Å². The zero-order valence-electron chi connectivity index (χ0n) is 12.5. The number of methoxy groups -OCH3 is 1. The molecule has 1 aliphatic rings. The van der Waals surface area contributed by atoms with Gasteiger partial charge in [-0.25, -0.2) is 4.98 Å². The number of aryl methyl sites for hydroxylation is 1. The SMILES string of the molecule is COc1ccc(N2CCN(c3cncc(C)n3)CC2)cc1. The highest BCUT2D eigenvalue weighted by atomic mass is 16.5. The van der Waals surface area contributed by atoms with E-state index in [-0.39, 0.29) is 0 Å². The Morgan fingerprint density at radius 2 is 1.62 bits per heavy atom. The molecular formula is C16H20N4O. The minimum atomic E-state index is 0.896. The van der Waals surface area contributed by atoms with Crippen LogP contribution in [0.3, 0.4) is 0 Å². The molecular weight excluding hydrogens is 264 g/mol. The van der Waals surface area contributed by atoms with Crippen LogP contribution >= 0.6 is 0 Å². The summed E-state index contributed by atoms with van der Waals surface area (Å²) in [6.45, 7) is 5.88. The van der Waals surface area contributed by atoms with Crippen LogP contribution in [0.1, 0.15) is 5.69 Å². The molecule has 21 heavy (non-hydrogen) atoms. The predicted molar refractivity (Wildman–Crippen MR) is 84.2 cm³/mol. The molecule has 1 saturated heterocycles. The van der Waals surface area contributed by atoms with E-state index < -0.39 is 0 Å². The fourth-order valence-corrected chi connectivity index (χ4v) is 2.59. The fraction of sp³-hybridized carbons (Fsp3) is 0.375. The minimum absolute atomic E-state index is 0.896. The van der Waals surface area contributed by atoms with Crippen LogP contribution in [0.25, 0.3) is 0 Å². The van der Waals surface area contributed by atoms with Gasteiger partial charge in [-0.1, -0.05) is 0 Å². The monoisotopic (exact) mass is 284 g/mol. The lowest BCUT2D eigenvalue weighted by Crippen LogP contribution is -2.46. The van der Waals surface area contributed by atoms with Gasteiger partial charge in [-0.2, -0.15) is 0 Å². The summed E-state index contributed by atoms with van der Waals surface area (Å²) in [4.78, 5) is 13.4. The van der Waals surface area contributed by atoms with E-state index in [1.807, 2.05) is 25.3 Å². The van der Waals surface area contributed by atoms with Crippen LogP contribution in [-0.4, -0.2) is 43.3 Å². The van der Waals surface area contributed by atoms with Gasteiger partial charge >= 0.3 is 0 Å². The van der Waals surface area contributed by atoms with Crippen molar-refractivity contribution in [1.29, 1.82) is 0 Å². The normalized spacial score (nSPS) is 15.1. The van der Waals surface area contributed by atoms with E-state index in [0.717, 1.165) is 43.4 Å². The molecule has 0 saturated carbocycles. The largest absolute Gasteiger partial charge is 0.497 e. The number of anilines is 2. The molecule has 0 aliphatic carbocycles. The van der Waals surface area contributed by atoms with Gasteiger partial charge in [-0.05, 0) is 31.2 Å². The maximum atomic E-state index is 5.20. The molecule has 1 aromatic heterocycles. The number of hydrogen-bond donors (Lipinski definition) is 0. The summed E-state index contributed by atoms with van der Waals surface area (Å²) < 4.78 is 5.20. The fourth-order valence-electron chi connectivity index (χ4n) is 2.59. The number of nitrogens with zero attached hydrogens (tertiary/aromatic N) is 4. The van der Waals surface area contributed by atoms with Crippen LogP contribution in [0.4, 0.5) is 11.5 Å². The lowest BCUT2D eigenvalue weighted by atomic mass is 10.2. The first kappa shape index (κ1) is 13.7. The second-order valence-electron chi connectivity index (χ2n) is 5.19. The summed E-state index contributed by atoms with van der Waals surface area (Å²) in [6, 6.07) is 8.24. The Kier molecular flexibility index (Phi) is 3.90. The van der Waals surface area contributed by atoms with Crippen LogP contribution in [0.15, 0.2) is 36.7 Å². The number of rotatable bonds is 3. The Hall–Kier alpha value is -2.30. The van der Waals surface area contributed by atoms with Crippen LogP contribution in [0.5, 0.6) is 5.75 Å². The van der Waals surface area contributed by atoms with Gasteiger partial charge in [-0.3, -0.25) is 4.98 Å². The molecule has 2 aromatic rings. The molecule has 0 unspecified atom stereocenters. The molecule has 0 radical (unpaired) electrons. The van der Waals surface area contributed by atoms with E-state index in [0.29, 0.717) is 0 Å². The van der Waals surface area contributed by atoms with Gasteiger partial charge in [0, 0.05) is 38.1 Å². The van der Waals surface area contributed by atoms with Gasteiger partial charge in [0.1, 0.15) is 11.6 Å². The van der Waals surface area contributed by atoms with Gasteiger partial charge in [0.2, 0.25) is 0 Å². The van der Waals surface area contributed by atoms with Gasteiger partial charge in [0.25, 0.3) is 0 Å². The third-order valence-electron chi connectivity index (χ3n) is 3.78. The van der Waals surface area contributed by atoms with Crippen molar-refractivity contribution in [2.24, 2.45) is 0 Å². The Morgan fingerprint density at radius 3 is 2.24 bits per heavy atom. The first-order chi connectivity index (χ1) is 10.3. The molecule has 3 rings (SSSR count). The third-order valence-corrected chi connectivity index (χ3v) is 3.78. The first-order valence-corrected chi connectivity index (χ1v) is 7.19. The lowest BCUT2D eigenvalue weighted by Gasteiger charge is -2.36. The molecule has 2 heterocycles. The topological polar surface area (TPSA) is 41.5 Å². The number of hydrogen-bond acceptors (Lipinski definition) is 5. The highest BCUT2D eigenvalue weighted by molar-refractivity contribution is 5.51. The van der Waals surface area contributed by atoms with Crippen molar-refractivity contribution in [3.8, 4) is 5.75 Å². The highest BCUT2D eigenvalue weighted by Crippen LogP contribution is 2.21. The van der Waals surface area contributed by atoms with Gasteiger partial charge in [0.15, 0.2) is 0 Å². The quantitative estimate of drug-likeness (QED) is 0.863. The van der Waals surface area contributed by atoms with E-state index in [4.69, 9.17) is 4.74 Å². The van der Waals surface area contributed by atoms with E-state index in [1.54, 1.807) is 13.3 Å². The van der Waals surface area contributed by atoms with Crippen molar-refractivity contribution in [2.45, 2.75) is 6.92 Å². The molecule has 5 heteroatoms. The van der Waals surface area contributed by atoms with Crippen molar-refractivity contribution >= 4 is 11.5 Å². The number of benzene rings is 1. The first-order valence-electron chi connectivity index (χ1n) is 7.19. The third kappa shape index (κ3) is 3.07. The standard InChI is InChI=1S/C16H20N4O/c1-13-11-17-12-16(18-13)20-9-7-19(8-10-20)14-3-5-15(21-2)6-4-14/h3-6,11-12H,7-10H2,1-2H3. The molecule has 1 aliphatic heterocycles. The van der Waals surface area contributed by atoms with Gasteiger partial charge < -0.3 is 14.5 Å². The molecule has 0 spiro atoms. The molecule has 1 aromatic carbocycles. The van der Waals surface area contributed by atoms with Crippen LogP contribution < -0.4 is 14.5 Å². The number of ether oxygens (including phenoxy) is 1. The molecule has 0 bridgehead atoms. The number of piperazine rings is 1. The average Bonchev–Trinajstić information content (AvgIpc) is 2.55. The minimum Gasteiger partial charge on any atom is -0.497 e. The molecule has 0 amide bonds. The van der Waals surface area contributed by atoms with E-state index >= 15 is 0 Å². The summed E-state index contributed by atoms with van der Waals surface area (Å²) in [6.07, 6.45) is 3.63. The van der Waals surface area contributed by atoms with Crippen LogP contribution in [-0.2, 0) is 0 Å². The maximum absolute atomic E-state index is 5.20. The van der Waals surface area contributed by atoms with E-state index in [1.165, 1.54) is 5.69 Å². The summed E-state index contributed by atoms with van der Waals surface area (Å²) in [5.41, 5.74) is 2.20. The van der Waals surface area contributed by atoms with Crippen LogP contribution in [0.2, 0.25) is 0 Å². The zero-order valence-corrected chi connectivity index (χ0v) is 12.5. The average molecular weight is 284 g/mol. The molecule has 5 nitrogen and oxygen atoms in total. The summed E-state index contributed by atoms with van der Waals surface area (Å²) in [7, 11) is 1.69.